The molecule has 180 valence electrons. The Morgan fingerprint density at radius 3 is 2.26 bits per heavy atom. The van der Waals surface area contributed by atoms with Crippen molar-refractivity contribution in [2.75, 3.05) is 10.2 Å². The van der Waals surface area contributed by atoms with Crippen LogP contribution in [0.3, 0.4) is 0 Å². The molecule has 3 N–H and O–H groups in total. The summed E-state index contributed by atoms with van der Waals surface area (Å²) < 4.78 is 1.78. The first-order valence-electron chi connectivity index (χ1n) is 11.2. The van der Waals surface area contributed by atoms with E-state index >= 15 is 0 Å². The number of hydrogen-bond acceptors (Lipinski definition) is 4. The average Bonchev–Trinajstić information content (AvgIpc) is 3.38. The van der Waals surface area contributed by atoms with Crippen LogP contribution in [-0.4, -0.2) is 34.4 Å². The molecule has 1 aliphatic heterocycles. The third kappa shape index (κ3) is 4.93. The lowest BCUT2D eigenvalue weighted by molar-refractivity contribution is -0.126. The van der Waals surface area contributed by atoms with Crippen LogP contribution in [0.5, 0.6) is 0 Å². The maximum Gasteiger partial charge on any atom is 0.322 e. The van der Waals surface area contributed by atoms with E-state index in [1.54, 1.807) is 54.2 Å². The van der Waals surface area contributed by atoms with Crippen molar-refractivity contribution in [2.24, 2.45) is 7.05 Å². The van der Waals surface area contributed by atoms with Gasteiger partial charge in [0.15, 0.2) is 6.04 Å². The summed E-state index contributed by atoms with van der Waals surface area (Å²) in [6.45, 7) is 3.81. The van der Waals surface area contributed by atoms with E-state index in [2.05, 4.69) is 16.0 Å². The Labute approximate surface area is 203 Å². The maximum atomic E-state index is 13.9. The number of amides is 5. The van der Waals surface area contributed by atoms with Gasteiger partial charge >= 0.3 is 6.03 Å². The summed E-state index contributed by atoms with van der Waals surface area (Å²) in [5, 5.41) is 7.61. The lowest BCUT2D eigenvalue weighted by Gasteiger charge is -2.32. The molecule has 1 aromatic heterocycles. The third-order valence-electron chi connectivity index (χ3n) is 6.04. The lowest BCUT2D eigenvalue weighted by Crippen LogP contribution is -2.45. The van der Waals surface area contributed by atoms with E-state index in [1.807, 2.05) is 38.1 Å². The summed E-state index contributed by atoms with van der Waals surface area (Å²) in [6.07, 6.45) is 1.50. The summed E-state index contributed by atoms with van der Waals surface area (Å²) in [7, 11) is 1.80. The maximum absolute atomic E-state index is 13.9. The Morgan fingerprint density at radius 1 is 1.00 bits per heavy atom. The smallest absolute Gasteiger partial charge is 0.322 e. The number of aromatic nitrogens is 1. The normalized spacial score (nSPS) is 15.8. The Morgan fingerprint density at radius 2 is 1.69 bits per heavy atom. The molecule has 0 radical (unpaired) electrons. The Bertz CT molecular complexity index is 1260. The molecule has 35 heavy (non-hydrogen) atoms. The van der Waals surface area contributed by atoms with Gasteiger partial charge in [-0.15, -0.1) is 0 Å². The molecule has 1 aliphatic rings. The van der Waals surface area contributed by atoms with Gasteiger partial charge in [-0.3, -0.25) is 24.6 Å². The van der Waals surface area contributed by atoms with Gasteiger partial charge in [-0.25, -0.2) is 4.79 Å². The molecule has 9 heteroatoms. The standard InChI is InChI=1S/C26H27N5O4/c1-16-9-7-10-17(2)22(16)28-25(34)23(20-13-8-14-30(20)3)31(18-11-5-4-6-12-18)21(32)15-19-24(33)29-26(35)27-19/h4-14,19,23H,15H2,1-3H3,(H,28,34)(H2,27,29,33,35)/t19-,23-/m1/s1. The quantitative estimate of drug-likeness (QED) is 0.458. The number of nitrogens with zero attached hydrogens (tertiary/aromatic N) is 2. The van der Waals surface area contributed by atoms with Crippen molar-refractivity contribution in [2.45, 2.75) is 32.4 Å². The molecule has 2 atom stereocenters. The van der Waals surface area contributed by atoms with Crippen molar-refractivity contribution in [3.05, 3.63) is 83.7 Å². The van der Waals surface area contributed by atoms with Crippen LogP contribution in [0.15, 0.2) is 66.9 Å². The fraction of sp³-hybridized carbons (Fsp3) is 0.231. The number of carbonyl (C=O) groups excluding carboxylic acids is 4. The van der Waals surface area contributed by atoms with Crippen molar-refractivity contribution >= 4 is 35.1 Å². The van der Waals surface area contributed by atoms with Crippen LogP contribution in [0.2, 0.25) is 0 Å². The molecule has 4 rings (SSSR count). The number of imide groups is 1. The number of nitrogens with one attached hydrogen (secondary N) is 3. The molecule has 0 unspecified atom stereocenters. The van der Waals surface area contributed by atoms with Crippen molar-refractivity contribution in [3.63, 3.8) is 0 Å². The Balaban J connectivity index is 1.77. The third-order valence-corrected chi connectivity index (χ3v) is 6.04. The summed E-state index contributed by atoms with van der Waals surface area (Å²) in [6, 6.07) is 15.4. The molecular formula is C26H27N5O4. The first-order valence-corrected chi connectivity index (χ1v) is 11.2. The Kier molecular flexibility index (Phi) is 6.68. The molecule has 0 saturated carbocycles. The Hall–Kier alpha value is -4.40. The topological polar surface area (TPSA) is 113 Å². The second kappa shape index (κ2) is 9.84. The number of aryl methyl sites for hydroxylation is 3. The highest BCUT2D eigenvalue weighted by Gasteiger charge is 2.38. The van der Waals surface area contributed by atoms with E-state index in [0.717, 1.165) is 11.1 Å². The molecule has 0 spiro atoms. The molecule has 0 bridgehead atoms. The molecule has 3 aromatic rings. The van der Waals surface area contributed by atoms with E-state index < -0.39 is 35.8 Å². The van der Waals surface area contributed by atoms with Crippen LogP contribution in [0, 0.1) is 13.8 Å². The molecule has 2 heterocycles. The molecule has 0 aliphatic carbocycles. The average molecular weight is 474 g/mol. The minimum atomic E-state index is -1.04. The van der Waals surface area contributed by atoms with Gasteiger partial charge in [-0.1, -0.05) is 36.4 Å². The number of rotatable bonds is 7. The highest BCUT2D eigenvalue weighted by Crippen LogP contribution is 2.31. The van der Waals surface area contributed by atoms with Crippen LogP contribution in [0.1, 0.15) is 29.3 Å². The second-order valence-corrected chi connectivity index (χ2v) is 8.52. The predicted molar refractivity (Wildman–Crippen MR) is 132 cm³/mol. The van der Waals surface area contributed by atoms with E-state index in [9.17, 15) is 19.2 Å². The largest absolute Gasteiger partial charge is 0.352 e. The lowest BCUT2D eigenvalue weighted by atomic mass is 10.0. The number of carbonyl (C=O) groups is 4. The van der Waals surface area contributed by atoms with Gasteiger partial charge in [-0.2, -0.15) is 0 Å². The molecule has 9 nitrogen and oxygen atoms in total. The number of hydrogen-bond donors (Lipinski definition) is 3. The molecule has 1 saturated heterocycles. The van der Waals surface area contributed by atoms with Crippen molar-refractivity contribution in [3.8, 4) is 0 Å². The fourth-order valence-corrected chi connectivity index (χ4v) is 4.25. The van der Waals surface area contributed by atoms with Crippen LogP contribution < -0.4 is 20.9 Å². The fourth-order valence-electron chi connectivity index (χ4n) is 4.25. The van der Waals surface area contributed by atoms with Crippen LogP contribution in [-0.2, 0) is 21.4 Å². The number of para-hydroxylation sites is 2. The van der Waals surface area contributed by atoms with Gasteiger partial charge in [0, 0.05) is 24.6 Å². The minimum Gasteiger partial charge on any atom is -0.352 e. The molecular weight excluding hydrogens is 446 g/mol. The van der Waals surface area contributed by atoms with Gasteiger partial charge in [-0.05, 0) is 49.2 Å². The summed E-state index contributed by atoms with van der Waals surface area (Å²) in [4.78, 5) is 52.7. The van der Waals surface area contributed by atoms with E-state index in [0.29, 0.717) is 17.1 Å². The predicted octanol–water partition coefficient (Wildman–Crippen LogP) is 2.95. The monoisotopic (exact) mass is 473 g/mol. The first kappa shape index (κ1) is 23.7. The van der Waals surface area contributed by atoms with E-state index in [1.165, 1.54) is 4.90 Å². The van der Waals surface area contributed by atoms with Crippen molar-refractivity contribution in [1.82, 2.24) is 15.2 Å². The first-order chi connectivity index (χ1) is 16.8. The van der Waals surface area contributed by atoms with E-state index in [-0.39, 0.29) is 6.42 Å². The van der Waals surface area contributed by atoms with Gasteiger partial charge in [0.05, 0.1) is 12.1 Å². The zero-order valence-electron chi connectivity index (χ0n) is 19.7. The van der Waals surface area contributed by atoms with Crippen LogP contribution in [0.4, 0.5) is 16.2 Å². The van der Waals surface area contributed by atoms with E-state index in [4.69, 9.17) is 0 Å². The zero-order chi connectivity index (χ0) is 25.1. The van der Waals surface area contributed by atoms with Crippen LogP contribution >= 0.6 is 0 Å². The van der Waals surface area contributed by atoms with Crippen molar-refractivity contribution < 1.29 is 19.2 Å². The number of benzene rings is 2. The summed E-state index contributed by atoms with van der Waals surface area (Å²) in [5.74, 6) is -1.46. The van der Waals surface area contributed by atoms with Gasteiger partial charge in [0.25, 0.3) is 11.8 Å². The summed E-state index contributed by atoms with van der Waals surface area (Å²) in [5.41, 5.74) is 3.55. The number of urea groups is 1. The summed E-state index contributed by atoms with van der Waals surface area (Å²) >= 11 is 0. The molecule has 5 amide bonds. The number of anilines is 2. The highest BCUT2D eigenvalue weighted by atomic mass is 16.2. The molecule has 1 fully saturated rings. The second-order valence-electron chi connectivity index (χ2n) is 8.52. The minimum absolute atomic E-state index is 0.302. The van der Waals surface area contributed by atoms with Gasteiger partial charge < -0.3 is 15.2 Å². The zero-order valence-corrected chi connectivity index (χ0v) is 19.7. The SMILES string of the molecule is Cc1cccc(C)c1NC(=O)[C@@H](c1cccn1C)N(C(=O)C[C@H]1NC(=O)NC1=O)c1ccccc1. The van der Waals surface area contributed by atoms with Gasteiger partial charge in [0.1, 0.15) is 6.04 Å². The van der Waals surface area contributed by atoms with Crippen molar-refractivity contribution in [1.29, 1.82) is 0 Å². The van der Waals surface area contributed by atoms with Crippen LogP contribution in [0.25, 0.3) is 0 Å². The highest BCUT2D eigenvalue weighted by molar-refractivity contribution is 6.09. The molecule has 2 aromatic carbocycles. The van der Waals surface area contributed by atoms with Gasteiger partial charge in [0.2, 0.25) is 5.91 Å².